The molecule has 30 heavy (non-hydrogen) atoms. The minimum absolute atomic E-state index is 0.764. The zero-order valence-corrected chi connectivity index (χ0v) is 21.7. The SMILES string of the molecule is CCCCCCCCCC1(C(C)CC)CC1CCCC1CC1CCCCCCCC. The maximum atomic E-state index is 2.57. The lowest BCUT2D eigenvalue weighted by molar-refractivity contribution is 0.256. The summed E-state index contributed by atoms with van der Waals surface area (Å²) in [6.45, 7) is 9.64. The van der Waals surface area contributed by atoms with Crippen LogP contribution in [0.4, 0.5) is 0 Å². The van der Waals surface area contributed by atoms with Crippen LogP contribution in [-0.2, 0) is 0 Å². The minimum atomic E-state index is 0.764. The molecule has 0 spiro atoms. The molecule has 0 amide bonds. The van der Waals surface area contributed by atoms with Crippen molar-refractivity contribution < 1.29 is 0 Å². The predicted octanol–water partition coefficient (Wildman–Crippen LogP) is 10.7. The van der Waals surface area contributed by atoms with E-state index in [-0.39, 0.29) is 0 Å². The first-order valence-corrected chi connectivity index (χ1v) is 14.7. The van der Waals surface area contributed by atoms with Crippen molar-refractivity contribution in [1.29, 1.82) is 0 Å². The molecule has 0 saturated heterocycles. The van der Waals surface area contributed by atoms with Gasteiger partial charge in [-0.1, -0.05) is 137 Å². The van der Waals surface area contributed by atoms with Gasteiger partial charge in [-0.2, -0.15) is 0 Å². The van der Waals surface area contributed by atoms with Crippen molar-refractivity contribution in [3.63, 3.8) is 0 Å². The van der Waals surface area contributed by atoms with Crippen molar-refractivity contribution in [2.75, 3.05) is 0 Å². The molecule has 2 rings (SSSR count). The van der Waals surface area contributed by atoms with Gasteiger partial charge in [0.15, 0.2) is 0 Å². The van der Waals surface area contributed by atoms with E-state index in [1.165, 1.54) is 96.3 Å². The highest BCUT2D eigenvalue weighted by molar-refractivity contribution is 5.04. The van der Waals surface area contributed by atoms with Gasteiger partial charge in [-0.15, -0.1) is 0 Å². The first kappa shape index (κ1) is 26.3. The molecule has 2 aliphatic carbocycles. The molecule has 0 aromatic rings. The van der Waals surface area contributed by atoms with Gasteiger partial charge in [-0.05, 0) is 54.8 Å². The molecule has 2 aliphatic rings. The van der Waals surface area contributed by atoms with Crippen molar-refractivity contribution in [2.45, 2.75) is 163 Å². The van der Waals surface area contributed by atoms with E-state index in [1.54, 1.807) is 38.5 Å². The lowest BCUT2D eigenvalue weighted by atomic mass is 9.81. The molecule has 0 aliphatic heterocycles. The molecule has 0 aromatic carbocycles. The predicted molar refractivity (Wildman–Crippen MR) is 136 cm³/mol. The number of hydrogen-bond donors (Lipinski definition) is 0. The Hall–Kier alpha value is 0. The molecular weight excluding hydrogens is 360 g/mol. The third-order valence-corrected chi connectivity index (χ3v) is 9.24. The lowest BCUT2D eigenvalue weighted by Crippen LogP contribution is -2.15. The van der Waals surface area contributed by atoms with Crippen molar-refractivity contribution in [1.82, 2.24) is 0 Å². The summed E-state index contributed by atoms with van der Waals surface area (Å²) in [5.74, 6) is 4.30. The molecule has 5 unspecified atom stereocenters. The van der Waals surface area contributed by atoms with Gasteiger partial charge in [0.2, 0.25) is 0 Å². The quantitative estimate of drug-likeness (QED) is 0.163. The molecule has 0 heteroatoms. The van der Waals surface area contributed by atoms with Crippen LogP contribution in [0, 0.1) is 29.1 Å². The molecule has 0 nitrogen and oxygen atoms in total. The fraction of sp³-hybridized carbons (Fsp3) is 1.00. The zero-order chi connectivity index (χ0) is 21.7. The summed E-state index contributed by atoms with van der Waals surface area (Å²) in [5.41, 5.74) is 0.764. The maximum absolute atomic E-state index is 2.57. The van der Waals surface area contributed by atoms with E-state index in [4.69, 9.17) is 0 Å². The largest absolute Gasteiger partial charge is 0.0654 e. The Kier molecular flexibility index (Phi) is 13.1. The van der Waals surface area contributed by atoms with Gasteiger partial charge in [0.1, 0.15) is 0 Å². The van der Waals surface area contributed by atoms with Crippen LogP contribution >= 0.6 is 0 Å². The topological polar surface area (TPSA) is 0 Å². The summed E-state index contributed by atoms with van der Waals surface area (Å²) < 4.78 is 0. The molecule has 0 heterocycles. The Morgan fingerprint density at radius 3 is 1.77 bits per heavy atom. The highest BCUT2D eigenvalue weighted by Crippen LogP contribution is 2.64. The summed E-state index contributed by atoms with van der Waals surface area (Å²) in [6.07, 6.45) is 31.4. The van der Waals surface area contributed by atoms with E-state index in [0.717, 1.165) is 29.1 Å². The average Bonchev–Trinajstić information content (AvgIpc) is 3.66. The lowest BCUT2D eigenvalue weighted by Gasteiger charge is -2.24. The first-order valence-electron chi connectivity index (χ1n) is 14.7. The Balaban J connectivity index is 1.51. The zero-order valence-electron chi connectivity index (χ0n) is 21.7. The standard InChI is InChI=1S/C30H58/c1-5-8-10-12-14-16-18-23-30(26(4)7-3)25-29(30)22-19-21-28-24-27(28)20-17-15-13-11-9-6-2/h26-29H,5-25H2,1-4H3. The summed E-state index contributed by atoms with van der Waals surface area (Å²) in [7, 11) is 0. The van der Waals surface area contributed by atoms with Crippen LogP contribution < -0.4 is 0 Å². The van der Waals surface area contributed by atoms with E-state index in [1.807, 2.05) is 0 Å². The second-order valence-corrected chi connectivity index (χ2v) is 11.6. The Morgan fingerprint density at radius 1 is 0.633 bits per heavy atom. The van der Waals surface area contributed by atoms with E-state index < -0.39 is 0 Å². The van der Waals surface area contributed by atoms with Gasteiger partial charge < -0.3 is 0 Å². The van der Waals surface area contributed by atoms with Crippen molar-refractivity contribution >= 4 is 0 Å². The highest BCUT2D eigenvalue weighted by atomic mass is 14.6. The van der Waals surface area contributed by atoms with E-state index in [2.05, 4.69) is 27.7 Å². The fourth-order valence-corrected chi connectivity index (χ4v) is 6.59. The van der Waals surface area contributed by atoms with Crippen LogP contribution in [0.2, 0.25) is 0 Å². The van der Waals surface area contributed by atoms with E-state index in [0.29, 0.717) is 0 Å². The second kappa shape index (κ2) is 14.9. The molecule has 0 N–H and O–H groups in total. The maximum Gasteiger partial charge on any atom is -0.0241 e. The van der Waals surface area contributed by atoms with Crippen LogP contribution in [0.1, 0.15) is 163 Å². The highest BCUT2D eigenvalue weighted by Gasteiger charge is 2.55. The van der Waals surface area contributed by atoms with E-state index >= 15 is 0 Å². The second-order valence-electron chi connectivity index (χ2n) is 11.6. The summed E-state index contributed by atoms with van der Waals surface area (Å²) in [6, 6.07) is 0. The molecule has 0 radical (unpaired) electrons. The van der Waals surface area contributed by atoms with Crippen LogP contribution in [0.25, 0.3) is 0 Å². The van der Waals surface area contributed by atoms with E-state index in [9.17, 15) is 0 Å². The van der Waals surface area contributed by atoms with Crippen LogP contribution in [0.3, 0.4) is 0 Å². The first-order chi connectivity index (χ1) is 14.7. The fourth-order valence-electron chi connectivity index (χ4n) is 6.59. The molecule has 0 bridgehead atoms. The normalized spacial score (nSPS) is 28.6. The molecule has 2 saturated carbocycles. The Bertz CT molecular complexity index is 412. The molecular formula is C30H58. The van der Waals surface area contributed by atoms with Gasteiger partial charge in [-0.25, -0.2) is 0 Å². The number of hydrogen-bond acceptors (Lipinski definition) is 0. The number of unbranched alkanes of at least 4 members (excludes halogenated alkanes) is 11. The van der Waals surface area contributed by atoms with Crippen LogP contribution in [-0.4, -0.2) is 0 Å². The van der Waals surface area contributed by atoms with Gasteiger partial charge in [0, 0.05) is 0 Å². The third-order valence-electron chi connectivity index (χ3n) is 9.24. The number of rotatable bonds is 21. The molecule has 5 atom stereocenters. The smallest absolute Gasteiger partial charge is 0.0241 e. The monoisotopic (exact) mass is 418 g/mol. The van der Waals surface area contributed by atoms with Gasteiger partial charge in [-0.3, -0.25) is 0 Å². The van der Waals surface area contributed by atoms with Gasteiger partial charge in [0.05, 0.1) is 0 Å². The van der Waals surface area contributed by atoms with Gasteiger partial charge in [0.25, 0.3) is 0 Å². The molecule has 0 aromatic heterocycles. The van der Waals surface area contributed by atoms with Gasteiger partial charge >= 0.3 is 0 Å². The van der Waals surface area contributed by atoms with Crippen molar-refractivity contribution in [3.05, 3.63) is 0 Å². The average molecular weight is 419 g/mol. The van der Waals surface area contributed by atoms with Crippen LogP contribution in [0.15, 0.2) is 0 Å². The molecule has 2 fully saturated rings. The van der Waals surface area contributed by atoms with Crippen molar-refractivity contribution in [3.8, 4) is 0 Å². The Labute approximate surface area is 191 Å². The summed E-state index contributed by atoms with van der Waals surface area (Å²) in [4.78, 5) is 0. The third kappa shape index (κ3) is 9.24. The van der Waals surface area contributed by atoms with Crippen LogP contribution in [0.5, 0.6) is 0 Å². The van der Waals surface area contributed by atoms with Crippen molar-refractivity contribution in [2.24, 2.45) is 29.1 Å². The minimum Gasteiger partial charge on any atom is -0.0654 e. The molecule has 178 valence electrons. The Morgan fingerprint density at radius 2 is 1.17 bits per heavy atom. The summed E-state index contributed by atoms with van der Waals surface area (Å²) in [5, 5.41) is 0. The summed E-state index contributed by atoms with van der Waals surface area (Å²) >= 11 is 0.